The van der Waals surface area contributed by atoms with Crippen molar-refractivity contribution in [1.29, 1.82) is 5.41 Å². The van der Waals surface area contributed by atoms with Gasteiger partial charge in [0.1, 0.15) is 11.6 Å². The maximum atomic E-state index is 8.14. The molecule has 1 heterocycles. The molecule has 1 aromatic heterocycles. The summed E-state index contributed by atoms with van der Waals surface area (Å²) < 4.78 is 8.33. The molecule has 170 valence electrons. The Kier molecular flexibility index (Phi) is 7.56. The van der Waals surface area contributed by atoms with Crippen molar-refractivity contribution in [3.8, 4) is 17.1 Å². The molecule has 1 N–H and O–H groups in total. The number of nitrogens with one attached hydrogen (secondary N) is 1. The third kappa shape index (κ3) is 5.89. The van der Waals surface area contributed by atoms with Crippen LogP contribution in [0.1, 0.15) is 50.2 Å². The van der Waals surface area contributed by atoms with E-state index in [0.29, 0.717) is 13.0 Å². The average Bonchev–Trinajstić information content (AvgIpc) is 3.18. The van der Waals surface area contributed by atoms with Gasteiger partial charge in [-0.1, -0.05) is 73.9 Å². The first-order chi connectivity index (χ1) is 16.1. The maximum Gasteiger partial charge on any atom is 0.141 e. The van der Waals surface area contributed by atoms with Crippen LogP contribution in [0.15, 0.2) is 72.8 Å². The van der Waals surface area contributed by atoms with Crippen LogP contribution in [0.3, 0.4) is 0 Å². The van der Waals surface area contributed by atoms with Crippen LogP contribution < -0.4 is 4.74 Å². The van der Waals surface area contributed by atoms with Gasteiger partial charge in [-0.15, -0.1) is 0 Å². The Labute approximate surface area is 196 Å². The molecule has 0 unspecified atom stereocenters. The molecule has 0 amide bonds. The summed E-state index contributed by atoms with van der Waals surface area (Å²) in [5.74, 6) is 1.79. The highest BCUT2D eigenvalue weighted by molar-refractivity contribution is 5.83. The summed E-state index contributed by atoms with van der Waals surface area (Å²) in [7, 11) is 0. The largest absolute Gasteiger partial charge is 0.493 e. The molecule has 0 fully saturated rings. The van der Waals surface area contributed by atoms with Crippen LogP contribution in [0.2, 0.25) is 0 Å². The van der Waals surface area contributed by atoms with Crippen LogP contribution in [0.5, 0.6) is 5.75 Å². The maximum absolute atomic E-state index is 8.14. The summed E-state index contributed by atoms with van der Waals surface area (Å²) >= 11 is 0. The van der Waals surface area contributed by atoms with E-state index in [0.717, 1.165) is 53.3 Å². The van der Waals surface area contributed by atoms with E-state index in [1.165, 1.54) is 24.0 Å². The van der Waals surface area contributed by atoms with Crippen molar-refractivity contribution in [2.24, 2.45) is 0 Å². The van der Waals surface area contributed by atoms with E-state index in [1.807, 2.05) is 18.2 Å². The molecule has 33 heavy (non-hydrogen) atoms. The molecule has 4 heteroatoms. The zero-order chi connectivity index (χ0) is 23.0. The summed E-state index contributed by atoms with van der Waals surface area (Å²) in [5, 5.41) is 8.14. The summed E-state index contributed by atoms with van der Waals surface area (Å²) in [6, 6.07) is 25.1. The lowest BCUT2D eigenvalue weighted by atomic mass is 10.1. The highest BCUT2D eigenvalue weighted by Crippen LogP contribution is 2.29. The first-order valence-corrected chi connectivity index (χ1v) is 11.9. The van der Waals surface area contributed by atoms with E-state index in [9.17, 15) is 0 Å². The Morgan fingerprint density at radius 2 is 1.79 bits per heavy atom. The molecule has 3 aromatic carbocycles. The third-order valence-corrected chi connectivity index (χ3v) is 5.93. The van der Waals surface area contributed by atoms with E-state index < -0.39 is 0 Å². The summed E-state index contributed by atoms with van der Waals surface area (Å²) in [6.07, 6.45) is 5.03. The first-order valence-electron chi connectivity index (χ1n) is 11.9. The Morgan fingerprint density at radius 3 is 2.58 bits per heavy atom. The summed E-state index contributed by atoms with van der Waals surface area (Å²) in [4.78, 5) is 4.98. The summed E-state index contributed by atoms with van der Waals surface area (Å²) in [6.45, 7) is 5.58. The highest BCUT2D eigenvalue weighted by atomic mass is 16.5. The monoisotopic (exact) mass is 439 g/mol. The van der Waals surface area contributed by atoms with Gasteiger partial charge < -0.3 is 14.7 Å². The van der Waals surface area contributed by atoms with E-state index in [4.69, 9.17) is 15.1 Å². The minimum Gasteiger partial charge on any atom is -0.493 e. The van der Waals surface area contributed by atoms with Gasteiger partial charge in [-0.2, -0.15) is 0 Å². The van der Waals surface area contributed by atoms with Gasteiger partial charge in [-0.3, -0.25) is 0 Å². The van der Waals surface area contributed by atoms with E-state index >= 15 is 0 Å². The normalized spacial score (nSPS) is 11.1. The second-order valence-corrected chi connectivity index (χ2v) is 8.69. The quantitative estimate of drug-likeness (QED) is 0.195. The second-order valence-electron chi connectivity index (χ2n) is 8.69. The lowest BCUT2D eigenvalue weighted by Crippen LogP contribution is -2.06. The predicted molar refractivity (Wildman–Crippen MR) is 137 cm³/mol. The van der Waals surface area contributed by atoms with Crippen molar-refractivity contribution in [3.05, 3.63) is 83.9 Å². The van der Waals surface area contributed by atoms with Crippen LogP contribution in [0.25, 0.3) is 22.4 Å². The molecule has 0 aliphatic carbocycles. The number of aromatic nitrogens is 2. The number of unbranched alkanes of at least 4 members (excludes halogenated alkanes) is 2. The van der Waals surface area contributed by atoms with Gasteiger partial charge in [0.05, 0.1) is 17.6 Å². The number of benzene rings is 3. The molecular formula is C29H33N3O. The van der Waals surface area contributed by atoms with Gasteiger partial charge in [0.2, 0.25) is 0 Å². The van der Waals surface area contributed by atoms with Crippen LogP contribution in [0.4, 0.5) is 0 Å². The van der Waals surface area contributed by atoms with Crippen LogP contribution >= 0.6 is 0 Å². The van der Waals surface area contributed by atoms with Crippen LogP contribution in [-0.2, 0) is 6.54 Å². The van der Waals surface area contributed by atoms with Gasteiger partial charge in [-0.05, 0) is 43.5 Å². The van der Waals surface area contributed by atoms with E-state index in [-0.39, 0.29) is 0 Å². The fourth-order valence-electron chi connectivity index (χ4n) is 4.13. The topological polar surface area (TPSA) is 50.9 Å². The number of imidazole rings is 1. The Morgan fingerprint density at radius 1 is 0.939 bits per heavy atom. The number of hydrogen-bond acceptors (Lipinski definition) is 3. The number of rotatable bonds is 11. The molecule has 4 aromatic rings. The van der Waals surface area contributed by atoms with E-state index in [1.54, 1.807) is 0 Å². The van der Waals surface area contributed by atoms with Gasteiger partial charge in [0, 0.05) is 30.3 Å². The average molecular weight is 440 g/mol. The highest BCUT2D eigenvalue weighted by Gasteiger charge is 2.14. The fraction of sp³-hybridized carbons (Fsp3) is 0.310. The lowest BCUT2D eigenvalue weighted by Gasteiger charge is -2.11. The van der Waals surface area contributed by atoms with Crippen molar-refractivity contribution < 1.29 is 4.74 Å². The van der Waals surface area contributed by atoms with Gasteiger partial charge in [0.15, 0.2) is 0 Å². The molecule has 0 atom stereocenters. The molecule has 0 aliphatic rings. The smallest absolute Gasteiger partial charge is 0.141 e. The molecule has 0 saturated carbocycles. The van der Waals surface area contributed by atoms with Crippen molar-refractivity contribution in [2.45, 2.75) is 52.5 Å². The number of ether oxygens (including phenoxy) is 1. The Balaban J connectivity index is 1.60. The number of fused-ring (bicyclic) bond motifs is 1. The molecule has 0 bridgehead atoms. The first kappa shape index (κ1) is 22.8. The second kappa shape index (κ2) is 11.0. The molecule has 0 radical (unpaired) electrons. The van der Waals surface area contributed by atoms with Crippen molar-refractivity contribution in [3.63, 3.8) is 0 Å². The minimum atomic E-state index is 0.536. The number of nitrogens with zero attached hydrogens (tertiary/aromatic N) is 2. The van der Waals surface area contributed by atoms with Gasteiger partial charge >= 0.3 is 0 Å². The number of hydrogen-bond donors (Lipinski definition) is 1. The van der Waals surface area contributed by atoms with E-state index in [2.05, 4.69) is 73.0 Å². The standard InChI is InChI=1S/C29H33N3O/c1-3-4-6-14-25(30)17-18-33-26-15-16-27-28(20-26)32(21-23-11-7-5-8-12-23)29(31-27)24-13-9-10-22(2)19-24/h5,7-13,15-16,19-20,30H,3-4,6,14,17-18,21H2,1-2H3. The van der Waals surface area contributed by atoms with Crippen molar-refractivity contribution >= 4 is 16.7 Å². The zero-order valence-electron chi connectivity index (χ0n) is 19.7. The van der Waals surface area contributed by atoms with Crippen LogP contribution in [0, 0.1) is 12.3 Å². The molecule has 0 saturated heterocycles. The molecule has 0 aliphatic heterocycles. The van der Waals surface area contributed by atoms with Crippen molar-refractivity contribution in [1.82, 2.24) is 9.55 Å². The summed E-state index contributed by atoms with van der Waals surface area (Å²) in [5.41, 5.74) is 6.37. The Bertz CT molecular complexity index is 1210. The fourth-order valence-corrected chi connectivity index (χ4v) is 4.13. The van der Waals surface area contributed by atoms with Crippen LogP contribution in [-0.4, -0.2) is 21.9 Å². The minimum absolute atomic E-state index is 0.536. The third-order valence-electron chi connectivity index (χ3n) is 5.93. The molecule has 4 nitrogen and oxygen atoms in total. The Hall–Kier alpha value is -3.40. The zero-order valence-corrected chi connectivity index (χ0v) is 19.7. The molecule has 4 rings (SSSR count). The van der Waals surface area contributed by atoms with Gasteiger partial charge in [-0.25, -0.2) is 4.98 Å². The number of aryl methyl sites for hydroxylation is 1. The molecular weight excluding hydrogens is 406 g/mol. The van der Waals surface area contributed by atoms with Crippen molar-refractivity contribution in [2.75, 3.05) is 6.61 Å². The van der Waals surface area contributed by atoms with Gasteiger partial charge in [0.25, 0.3) is 0 Å². The predicted octanol–water partition coefficient (Wildman–Crippen LogP) is 7.43. The SMILES string of the molecule is CCCCCC(=N)CCOc1ccc2nc(-c3cccc(C)c3)n(Cc3ccccc3)c2c1. The lowest BCUT2D eigenvalue weighted by molar-refractivity contribution is 0.328. The molecule has 0 spiro atoms.